The molecule has 3 nitrogen and oxygen atoms in total. The second-order valence-electron chi connectivity index (χ2n) is 4.57. The molecule has 0 spiro atoms. The number of aromatic nitrogens is 1. The first kappa shape index (κ1) is 11.0. The molecular weight excluding hydrogens is 224 g/mol. The fourth-order valence-electron chi connectivity index (χ4n) is 2.30. The maximum atomic E-state index is 12.4. The molecule has 2 aromatic rings. The molecule has 0 amide bonds. The Hall–Kier alpha value is -2.16. The summed E-state index contributed by atoms with van der Waals surface area (Å²) < 4.78 is 0. The number of nitrogens with one attached hydrogen (secondary N) is 1. The van der Waals surface area contributed by atoms with Crippen molar-refractivity contribution in [3.63, 3.8) is 0 Å². The minimum absolute atomic E-state index is 0.0512. The molecule has 0 radical (unpaired) electrons. The summed E-state index contributed by atoms with van der Waals surface area (Å²) in [4.78, 5) is 16.4. The van der Waals surface area contributed by atoms with E-state index in [9.17, 15) is 4.79 Å². The van der Waals surface area contributed by atoms with Gasteiger partial charge in [-0.25, -0.2) is 0 Å². The number of pyridine rings is 1. The molecular formula is C15H14N2O. The number of hydrogen-bond acceptors (Lipinski definition) is 3. The molecule has 1 aromatic heterocycles. The number of anilines is 1. The number of benzene rings is 1. The van der Waals surface area contributed by atoms with Crippen LogP contribution < -0.4 is 5.32 Å². The maximum absolute atomic E-state index is 12.4. The molecule has 0 fully saturated rings. The lowest BCUT2D eigenvalue weighted by Gasteiger charge is -2.06. The lowest BCUT2D eigenvalue weighted by Crippen LogP contribution is -2.04. The molecule has 0 atom stereocenters. The Morgan fingerprint density at radius 2 is 2.22 bits per heavy atom. The van der Waals surface area contributed by atoms with E-state index in [-0.39, 0.29) is 5.78 Å². The lowest BCUT2D eigenvalue weighted by molar-refractivity contribution is 0.103. The Kier molecular flexibility index (Phi) is 2.59. The minimum atomic E-state index is 0.0512. The lowest BCUT2D eigenvalue weighted by atomic mass is 9.99. The number of fused-ring (bicyclic) bond motifs is 1. The molecule has 1 aliphatic heterocycles. The minimum Gasteiger partial charge on any atom is -0.384 e. The summed E-state index contributed by atoms with van der Waals surface area (Å²) in [5.74, 6) is 0.0512. The van der Waals surface area contributed by atoms with E-state index in [0.717, 1.165) is 29.8 Å². The van der Waals surface area contributed by atoms with Gasteiger partial charge < -0.3 is 5.32 Å². The zero-order chi connectivity index (χ0) is 12.5. The molecule has 0 saturated heterocycles. The van der Waals surface area contributed by atoms with Crippen LogP contribution in [0.2, 0.25) is 0 Å². The third-order valence-electron chi connectivity index (χ3n) is 3.36. The van der Waals surface area contributed by atoms with Gasteiger partial charge in [-0.15, -0.1) is 0 Å². The number of aryl methyl sites for hydroxylation is 1. The molecule has 3 heteroatoms. The number of carbonyl (C=O) groups excluding carboxylic acids is 1. The maximum Gasteiger partial charge on any atom is 0.194 e. The summed E-state index contributed by atoms with van der Waals surface area (Å²) in [6.45, 7) is 2.89. The number of carbonyl (C=O) groups is 1. The zero-order valence-electron chi connectivity index (χ0n) is 10.2. The highest BCUT2D eigenvalue weighted by Gasteiger charge is 2.15. The van der Waals surface area contributed by atoms with E-state index in [2.05, 4.69) is 10.3 Å². The zero-order valence-corrected chi connectivity index (χ0v) is 10.2. The Morgan fingerprint density at radius 3 is 3.06 bits per heavy atom. The van der Waals surface area contributed by atoms with Crippen molar-refractivity contribution >= 4 is 11.5 Å². The van der Waals surface area contributed by atoms with E-state index in [0.29, 0.717) is 5.56 Å². The van der Waals surface area contributed by atoms with Gasteiger partial charge in [-0.05, 0) is 48.7 Å². The van der Waals surface area contributed by atoms with Gasteiger partial charge in [0, 0.05) is 35.8 Å². The van der Waals surface area contributed by atoms with Crippen molar-refractivity contribution in [2.45, 2.75) is 13.3 Å². The first-order valence-electron chi connectivity index (χ1n) is 6.08. The SMILES string of the molecule is Cc1ccncc1C(=O)c1ccc2c(c1)CCN2. The molecule has 90 valence electrons. The third kappa shape index (κ3) is 1.78. The number of hydrogen-bond donors (Lipinski definition) is 1. The van der Waals surface area contributed by atoms with E-state index >= 15 is 0 Å². The van der Waals surface area contributed by atoms with E-state index in [1.165, 1.54) is 5.56 Å². The fraction of sp³-hybridized carbons (Fsp3) is 0.200. The molecule has 0 aliphatic carbocycles. The van der Waals surface area contributed by atoms with Gasteiger partial charge in [0.2, 0.25) is 0 Å². The van der Waals surface area contributed by atoms with Crippen molar-refractivity contribution in [3.8, 4) is 0 Å². The summed E-state index contributed by atoms with van der Waals surface area (Å²) in [5.41, 5.74) is 4.77. The average Bonchev–Trinajstić information content (AvgIpc) is 2.85. The molecule has 0 saturated carbocycles. The summed E-state index contributed by atoms with van der Waals surface area (Å²) in [5, 5.41) is 3.29. The van der Waals surface area contributed by atoms with Crippen molar-refractivity contribution in [3.05, 3.63) is 58.9 Å². The number of ketones is 1. The highest BCUT2D eigenvalue weighted by Crippen LogP contribution is 2.24. The number of rotatable bonds is 2. The topological polar surface area (TPSA) is 42.0 Å². The molecule has 3 rings (SSSR count). The van der Waals surface area contributed by atoms with Crippen LogP contribution in [0, 0.1) is 6.92 Å². The van der Waals surface area contributed by atoms with Gasteiger partial charge in [-0.3, -0.25) is 9.78 Å². The summed E-state index contributed by atoms with van der Waals surface area (Å²) in [6.07, 6.45) is 4.34. The molecule has 1 N–H and O–H groups in total. The van der Waals surface area contributed by atoms with Crippen molar-refractivity contribution in [1.29, 1.82) is 0 Å². The summed E-state index contributed by atoms with van der Waals surface area (Å²) >= 11 is 0. The second-order valence-corrected chi connectivity index (χ2v) is 4.57. The predicted octanol–water partition coefficient (Wildman–Crippen LogP) is 2.59. The summed E-state index contributed by atoms with van der Waals surface area (Å²) in [6, 6.07) is 7.72. The van der Waals surface area contributed by atoms with Gasteiger partial charge in [-0.2, -0.15) is 0 Å². The third-order valence-corrected chi connectivity index (χ3v) is 3.36. The van der Waals surface area contributed by atoms with Gasteiger partial charge in [0.1, 0.15) is 0 Å². The van der Waals surface area contributed by atoms with Gasteiger partial charge in [0.05, 0.1) is 0 Å². The van der Waals surface area contributed by atoms with E-state index in [1.54, 1.807) is 12.4 Å². The van der Waals surface area contributed by atoms with Crippen molar-refractivity contribution in [2.24, 2.45) is 0 Å². The standard InChI is InChI=1S/C15H14N2O/c1-10-4-6-16-9-13(10)15(18)12-2-3-14-11(8-12)5-7-17-14/h2-4,6,8-9,17H,5,7H2,1H3. The van der Waals surface area contributed by atoms with Crippen LogP contribution >= 0.6 is 0 Å². The Bertz CT molecular complexity index is 620. The molecule has 1 aliphatic rings. The van der Waals surface area contributed by atoms with Crippen LogP contribution in [0.1, 0.15) is 27.0 Å². The van der Waals surface area contributed by atoms with Crippen LogP contribution in [0.15, 0.2) is 36.7 Å². The van der Waals surface area contributed by atoms with Crippen LogP contribution in [0.5, 0.6) is 0 Å². The van der Waals surface area contributed by atoms with Gasteiger partial charge >= 0.3 is 0 Å². The number of nitrogens with zero attached hydrogens (tertiary/aromatic N) is 1. The van der Waals surface area contributed by atoms with E-state index in [1.807, 2.05) is 31.2 Å². The van der Waals surface area contributed by atoms with Gasteiger partial charge in [-0.1, -0.05) is 0 Å². The average molecular weight is 238 g/mol. The molecule has 0 unspecified atom stereocenters. The Morgan fingerprint density at radius 1 is 1.33 bits per heavy atom. The molecule has 2 heterocycles. The van der Waals surface area contributed by atoms with Gasteiger partial charge in [0.25, 0.3) is 0 Å². The van der Waals surface area contributed by atoms with Crippen molar-refractivity contribution < 1.29 is 4.79 Å². The second kappa shape index (κ2) is 4.26. The Labute approximate surface area is 106 Å². The largest absolute Gasteiger partial charge is 0.384 e. The van der Waals surface area contributed by atoms with Crippen LogP contribution in [0.3, 0.4) is 0 Å². The highest BCUT2D eigenvalue weighted by atomic mass is 16.1. The normalized spacial score (nSPS) is 12.9. The molecule has 18 heavy (non-hydrogen) atoms. The van der Waals surface area contributed by atoms with Gasteiger partial charge in [0.15, 0.2) is 5.78 Å². The monoisotopic (exact) mass is 238 g/mol. The van der Waals surface area contributed by atoms with E-state index < -0.39 is 0 Å². The van der Waals surface area contributed by atoms with Crippen molar-refractivity contribution in [2.75, 3.05) is 11.9 Å². The predicted molar refractivity (Wildman–Crippen MR) is 71.0 cm³/mol. The first-order valence-corrected chi connectivity index (χ1v) is 6.08. The molecule has 0 bridgehead atoms. The van der Waals surface area contributed by atoms with Crippen LogP contribution in [0.25, 0.3) is 0 Å². The van der Waals surface area contributed by atoms with Crippen LogP contribution in [-0.2, 0) is 6.42 Å². The smallest absolute Gasteiger partial charge is 0.194 e. The van der Waals surface area contributed by atoms with Crippen LogP contribution in [-0.4, -0.2) is 17.3 Å². The van der Waals surface area contributed by atoms with Crippen molar-refractivity contribution in [1.82, 2.24) is 4.98 Å². The van der Waals surface area contributed by atoms with Crippen LogP contribution in [0.4, 0.5) is 5.69 Å². The summed E-state index contributed by atoms with van der Waals surface area (Å²) in [7, 11) is 0. The first-order chi connectivity index (χ1) is 8.75. The highest BCUT2D eigenvalue weighted by molar-refractivity contribution is 6.10. The Balaban J connectivity index is 2.01. The fourth-order valence-corrected chi connectivity index (χ4v) is 2.30. The van der Waals surface area contributed by atoms with E-state index in [4.69, 9.17) is 0 Å². The quantitative estimate of drug-likeness (QED) is 0.818. The molecule has 1 aromatic carbocycles.